The van der Waals surface area contributed by atoms with Gasteiger partial charge >= 0.3 is 0 Å². The molecule has 0 N–H and O–H groups in total. The van der Waals surface area contributed by atoms with E-state index in [-0.39, 0.29) is 5.04 Å². The van der Waals surface area contributed by atoms with Gasteiger partial charge in [-0.25, -0.2) is 0 Å². The minimum absolute atomic E-state index is 0.206. The Bertz CT molecular complexity index is 1050. The predicted octanol–water partition coefficient (Wildman–Crippen LogP) is 8.31. The lowest BCUT2D eigenvalue weighted by atomic mass is 9.53. The molecule has 4 bridgehead atoms. The Kier molecular flexibility index (Phi) is 4.23. The zero-order chi connectivity index (χ0) is 21.5. The molecule has 0 unspecified atom stereocenters. The lowest BCUT2D eigenvalue weighted by Gasteiger charge is -2.52. The highest BCUT2D eigenvalue weighted by Crippen LogP contribution is 2.60. The Morgan fingerprint density at radius 1 is 0.742 bits per heavy atom. The van der Waals surface area contributed by atoms with Crippen LogP contribution in [0.5, 0.6) is 5.75 Å². The minimum atomic E-state index is -1.86. The second-order valence-corrected chi connectivity index (χ2v) is 17.0. The topological polar surface area (TPSA) is 9.23 Å². The number of benzene rings is 2. The summed E-state index contributed by atoms with van der Waals surface area (Å²) < 4.78 is 6.76. The summed E-state index contributed by atoms with van der Waals surface area (Å²) in [5.41, 5.74) is 9.15. The fraction of sp³-hybridized carbons (Fsp3) is 0.517. The van der Waals surface area contributed by atoms with Crippen LogP contribution in [0.3, 0.4) is 0 Å². The summed E-state index contributed by atoms with van der Waals surface area (Å²) in [7, 11) is -1.86. The lowest BCUT2D eigenvalue weighted by molar-refractivity contribution is 0.0705. The van der Waals surface area contributed by atoms with Gasteiger partial charge in [-0.05, 0) is 114 Å². The van der Waals surface area contributed by atoms with E-state index in [0.29, 0.717) is 0 Å². The molecule has 0 amide bonds. The van der Waals surface area contributed by atoms with Crippen molar-refractivity contribution in [2.45, 2.75) is 71.0 Å². The first-order valence-electron chi connectivity index (χ1n) is 12.4. The lowest BCUT2D eigenvalue weighted by Crippen LogP contribution is -2.43. The Labute approximate surface area is 189 Å². The normalized spacial score (nSPS) is 28.7. The van der Waals surface area contributed by atoms with Crippen LogP contribution in [-0.4, -0.2) is 8.32 Å². The van der Waals surface area contributed by atoms with E-state index < -0.39 is 8.32 Å². The molecular weight excluding hydrogens is 392 g/mol. The van der Waals surface area contributed by atoms with E-state index >= 15 is 0 Å². The van der Waals surface area contributed by atoms with Gasteiger partial charge in [-0.3, -0.25) is 0 Å². The van der Waals surface area contributed by atoms with Crippen LogP contribution < -0.4 is 4.43 Å². The molecule has 0 aliphatic heterocycles. The molecule has 31 heavy (non-hydrogen) atoms. The van der Waals surface area contributed by atoms with Crippen LogP contribution in [0.4, 0.5) is 0 Å². The molecule has 4 saturated carbocycles. The van der Waals surface area contributed by atoms with Gasteiger partial charge in [0.05, 0.1) is 0 Å². The van der Waals surface area contributed by atoms with Gasteiger partial charge in [-0.2, -0.15) is 0 Å². The molecule has 5 aliphatic rings. The maximum Gasteiger partial charge on any atom is 0.250 e. The number of hydrogen-bond acceptors (Lipinski definition) is 1. The summed E-state index contributed by atoms with van der Waals surface area (Å²) >= 11 is 0. The first-order valence-corrected chi connectivity index (χ1v) is 15.3. The van der Waals surface area contributed by atoms with E-state index in [9.17, 15) is 0 Å². The van der Waals surface area contributed by atoms with E-state index in [4.69, 9.17) is 4.43 Å². The monoisotopic (exact) mass is 428 g/mol. The highest BCUT2D eigenvalue weighted by molar-refractivity contribution is 6.74. The van der Waals surface area contributed by atoms with Gasteiger partial charge in [0.15, 0.2) is 0 Å². The smallest absolute Gasteiger partial charge is 0.250 e. The summed E-state index contributed by atoms with van der Waals surface area (Å²) in [4.78, 5) is 0. The molecular formula is C29H36OSi. The average molecular weight is 429 g/mol. The van der Waals surface area contributed by atoms with Crippen LogP contribution in [0.2, 0.25) is 18.1 Å². The van der Waals surface area contributed by atoms with E-state index in [0.717, 1.165) is 29.4 Å². The van der Waals surface area contributed by atoms with Crippen LogP contribution in [0.1, 0.15) is 64.0 Å². The molecule has 162 valence electrons. The summed E-state index contributed by atoms with van der Waals surface area (Å²) in [6, 6.07) is 16.1. The number of rotatable bonds is 2. The van der Waals surface area contributed by atoms with E-state index in [1.54, 1.807) is 5.57 Å². The molecule has 5 aliphatic carbocycles. The fourth-order valence-electron chi connectivity index (χ4n) is 6.97. The Balaban J connectivity index is 1.50. The predicted molar refractivity (Wildman–Crippen MR) is 133 cm³/mol. The van der Waals surface area contributed by atoms with Crippen LogP contribution in [0.25, 0.3) is 16.7 Å². The van der Waals surface area contributed by atoms with Crippen molar-refractivity contribution >= 4 is 13.9 Å². The maximum absolute atomic E-state index is 6.76. The summed E-state index contributed by atoms with van der Waals surface area (Å²) in [6.07, 6.45) is 7.24. The first kappa shape index (κ1) is 19.9. The van der Waals surface area contributed by atoms with Gasteiger partial charge in [0.1, 0.15) is 5.75 Å². The number of hydrogen-bond donors (Lipinski definition) is 0. The maximum atomic E-state index is 6.76. The van der Waals surface area contributed by atoms with E-state index in [2.05, 4.69) is 76.3 Å². The van der Waals surface area contributed by atoms with Crippen molar-refractivity contribution in [3.05, 3.63) is 59.2 Å². The average Bonchev–Trinajstić information content (AvgIpc) is 3.00. The molecule has 0 atom stereocenters. The van der Waals surface area contributed by atoms with E-state index in [1.807, 2.05) is 5.57 Å². The molecule has 0 saturated heterocycles. The van der Waals surface area contributed by atoms with Crippen molar-refractivity contribution < 1.29 is 4.43 Å². The third-order valence-corrected chi connectivity index (χ3v) is 13.6. The zero-order valence-electron chi connectivity index (χ0n) is 19.8. The van der Waals surface area contributed by atoms with E-state index in [1.165, 1.54) is 54.4 Å². The highest BCUT2D eigenvalue weighted by Gasteiger charge is 2.47. The van der Waals surface area contributed by atoms with Crippen molar-refractivity contribution in [3.8, 4) is 16.9 Å². The Hall–Kier alpha value is -1.80. The van der Waals surface area contributed by atoms with Crippen molar-refractivity contribution in [1.29, 1.82) is 0 Å². The molecule has 0 radical (unpaired) electrons. The van der Waals surface area contributed by atoms with Gasteiger partial charge in [0.2, 0.25) is 8.32 Å². The fourth-order valence-corrected chi connectivity index (χ4v) is 7.99. The van der Waals surface area contributed by atoms with Crippen molar-refractivity contribution in [3.63, 3.8) is 0 Å². The van der Waals surface area contributed by atoms with Gasteiger partial charge in [0.25, 0.3) is 0 Å². The number of allylic oxidation sites excluding steroid dienone is 1. The Morgan fingerprint density at radius 2 is 1.32 bits per heavy atom. The first-order chi connectivity index (χ1) is 14.7. The van der Waals surface area contributed by atoms with Crippen LogP contribution in [-0.2, 0) is 0 Å². The molecule has 7 rings (SSSR count). The molecule has 2 aromatic rings. The summed E-state index contributed by atoms with van der Waals surface area (Å²) in [5.74, 6) is 4.69. The molecule has 0 spiro atoms. The van der Waals surface area contributed by atoms with Crippen LogP contribution >= 0.6 is 0 Å². The van der Waals surface area contributed by atoms with Crippen molar-refractivity contribution in [2.75, 3.05) is 0 Å². The SMILES string of the molecule is CC(C)(C)[Si](C)(C)Oc1ccc2c(c1)C(=C1C3CC4CC(C3)CC1C4)c1ccccc1-2. The van der Waals surface area contributed by atoms with Crippen molar-refractivity contribution in [2.24, 2.45) is 23.7 Å². The molecule has 0 aromatic heterocycles. The minimum Gasteiger partial charge on any atom is -0.543 e. The standard InChI is InChI=1S/C29H36OSi/c1-29(2,3)31(4,5)30-22-10-11-24-23-8-6-7-9-25(23)28(26(24)17-22)27-20-13-18-12-19(15-20)16-21(27)14-18/h6-11,17-21H,12-16H2,1-5H3. The molecule has 2 heteroatoms. The molecule has 1 nitrogen and oxygen atoms in total. The van der Waals surface area contributed by atoms with Crippen molar-refractivity contribution in [1.82, 2.24) is 0 Å². The number of fused-ring (bicyclic) bond motifs is 3. The quantitative estimate of drug-likeness (QED) is 0.373. The van der Waals surface area contributed by atoms with Crippen LogP contribution in [0, 0.1) is 23.7 Å². The van der Waals surface area contributed by atoms with Gasteiger partial charge in [-0.15, -0.1) is 0 Å². The third-order valence-electron chi connectivity index (χ3n) is 9.23. The highest BCUT2D eigenvalue weighted by atomic mass is 28.4. The molecule has 0 heterocycles. The van der Waals surface area contributed by atoms with Gasteiger partial charge < -0.3 is 4.43 Å². The summed E-state index contributed by atoms with van der Waals surface area (Å²) in [5, 5.41) is 0.206. The molecule has 4 fully saturated rings. The zero-order valence-corrected chi connectivity index (χ0v) is 20.8. The van der Waals surface area contributed by atoms with Gasteiger partial charge in [0, 0.05) is 0 Å². The van der Waals surface area contributed by atoms with Gasteiger partial charge in [-0.1, -0.05) is 56.7 Å². The largest absolute Gasteiger partial charge is 0.543 e. The third kappa shape index (κ3) is 3.01. The second-order valence-electron chi connectivity index (χ2n) is 12.3. The summed E-state index contributed by atoms with van der Waals surface area (Å²) in [6.45, 7) is 11.7. The Morgan fingerprint density at radius 3 is 1.94 bits per heavy atom. The van der Waals surface area contributed by atoms with Crippen LogP contribution in [0.15, 0.2) is 48.0 Å². The molecule has 2 aromatic carbocycles. The second kappa shape index (κ2) is 6.60.